The quantitative estimate of drug-likeness (QED) is 0.657. The molecule has 0 amide bonds. The molecule has 2 heteroatoms. The maximum absolute atomic E-state index is 8.70. The first-order valence-electron chi connectivity index (χ1n) is 7.21. The highest BCUT2D eigenvalue weighted by molar-refractivity contribution is 5.24. The van der Waals surface area contributed by atoms with Gasteiger partial charge in [0.2, 0.25) is 0 Å². The van der Waals surface area contributed by atoms with Crippen LogP contribution in [0.4, 0.5) is 0 Å². The first kappa shape index (κ1) is 15.2. The number of unbranched alkanes of at least 4 members (excludes halogenated alkanes) is 2. The van der Waals surface area contributed by atoms with Gasteiger partial charge in [0.05, 0.1) is 0 Å². The van der Waals surface area contributed by atoms with Gasteiger partial charge in [0, 0.05) is 12.6 Å². The smallest absolute Gasteiger partial charge is 0.0431 e. The average molecular weight is 249 g/mol. The monoisotopic (exact) mass is 249 g/mol. The van der Waals surface area contributed by atoms with Crippen LogP contribution in [0.1, 0.15) is 56.7 Å². The van der Waals surface area contributed by atoms with Gasteiger partial charge in [0.25, 0.3) is 0 Å². The second-order valence-corrected chi connectivity index (χ2v) is 4.95. The highest BCUT2D eigenvalue weighted by Gasteiger charge is 2.03. The molecule has 0 saturated heterocycles. The van der Waals surface area contributed by atoms with Crippen molar-refractivity contribution in [1.82, 2.24) is 5.32 Å². The largest absolute Gasteiger partial charge is 0.396 e. The van der Waals surface area contributed by atoms with Crippen molar-refractivity contribution in [3.63, 3.8) is 0 Å². The molecule has 1 unspecified atom stereocenters. The molecule has 0 radical (unpaired) electrons. The average Bonchev–Trinajstić information content (AvgIpc) is 2.39. The molecule has 2 nitrogen and oxygen atoms in total. The van der Waals surface area contributed by atoms with Crippen molar-refractivity contribution in [2.75, 3.05) is 13.2 Å². The van der Waals surface area contributed by atoms with Crippen molar-refractivity contribution in [1.29, 1.82) is 0 Å². The molecule has 0 aromatic heterocycles. The summed E-state index contributed by atoms with van der Waals surface area (Å²) < 4.78 is 0. The molecule has 1 aromatic carbocycles. The number of benzene rings is 1. The van der Waals surface area contributed by atoms with Gasteiger partial charge in [-0.1, -0.05) is 37.6 Å². The van der Waals surface area contributed by atoms with Gasteiger partial charge in [0.15, 0.2) is 0 Å². The molecule has 0 fully saturated rings. The van der Waals surface area contributed by atoms with Crippen LogP contribution in [0.5, 0.6) is 0 Å². The number of aliphatic hydroxyl groups excluding tert-OH is 1. The molecule has 0 aliphatic rings. The molecule has 18 heavy (non-hydrogen) atoms. The fourth-order valence-electron chi connectivity index (χ4n) is 2.11. The topological polar surface area (TPSA) is 32.3 Å². The summed E-state index contributed by atoms with van der Waals surface area (Å²) in [7, 11) is 0. The van der Waals surface area contributed by atoms with Crippen molar-refractivity contribution in [2.45, 2.75) is 52.0 Å². The van der Waals surface area contributed by atoms with Crippen LogP contribution in [-0.4, -0.2) is 18.3 Å². The third-order valence-corrected chi connectivity index (χ3v) is 3.30. The lowest BCUT2D eigenvalue weighted by Crippen LogP contribution is -2.19. The van der Waals surface area contributed by atoms with Gasteiger partial charge >= 0.3 is 0 Å². The van der Waals surface area contributed by atoms with Gasteiger partial charge in [0.1, 0.15) is 0 Å². The minimum absolute atomic E-state index is 0.314. The van der Waals surface area contributed by atoms with Crippen LogP contribution < -0.4 is 5.32 Å². The van der Waals surface area contributed by atoms with Crippen molar-refractivity contribution in [3.8, 4) is 0 Å². The molecule has 0 saturated carbocycles. The molecule has 1 aromatic rings. The van der Waals surface area contributed by atoms with Crippen molar-refractivity contribution < 1.29 is 5.11 Å². The van der Waals surface area contributed by atoms with E-state index in [0.717, 1.165) is 25.8 Å². The summed E-state index contributed by atoms with van der Waals surface area (Å²) in [4.78, 5) is 0. The van der Waals surface area contributed by atoms with Crippen LogP contribution in [0, 0.1) is 0 Å². The van der Waals surface area contributed by atoms with E-state index in [9.17, 15) is 0 Å². The number of nitrogens with one attached hydrogen (secondary N) is 1. The molecule has 0 spiro atoms. The Labute approximate surface area is 111 Å². The van der Waals surface area contributed by atoms with E-state index in [1.807, 2.05) is 0 Å². The predicted molar refractivity (Wildman–Crippen MR) is 77.8 cm³/mol. The second kappa shape index (κ2) is 9.12. The third kappa shape index (κ3) is 5.65. The molecule has 0 aliphatic heterocycles. The summed E-state index contributed by atoms with van der Waals surface area (Å²) in [5.74, 6) is 0. The number of aliphatic hydroxyl groups is 1. The summed E-state index contributed by atoms with van der Waals surface area (Å²) in [6.45, 7) is 5.76. The van der Waals surface area contributed by atoms with Gasteiger partial charge in [-0.25, -0.2) is 0 Å². The van der Waals surface area contributed by atoms with E-state index in [1.54, 1.807) is 0 Å². The van der Waals surface area contributed by atoms with Crippen LogP contribution >= 0.6 is 0 Å². The number of hydrogen-bond donors (Lipinski definition) is 2. The van der Waals surface area contributed by atoms with Crippen LogP contribution in [-0.2, 0) is 6.42 Å². The Morgan fingerprint density at radius 2 is 1.83 bits per heavy atom. The van der Waals surface area contributed by atoms with E-state index in [2.05, 4.69) is 43.4 Å². The molecule has 2 N–H and O–H groups in total. The fourth-order valence-corrected chi connectivity index (χ4v) is 2.11. The zero-order valence-corrected chi connectivity index (χ0v) is 11.8. The Morgan fingerprint density at radius 1 is 1.11 bits per heavy atom. The lowest BCUT2D eigenvalue weighted by atomic mass is 10.0. The summed E-state index contributed by atoms with van der Waals surface area (Å²) >= 11 is 0. The molecule has 0 bridgehead atoms. The molecule has 1 rings (SSSR count). The summed E-state index contributed by atoms with van der Waals surface area (Å²) in [6.07, 6.45) is 5.54. The van der Waals surface area contributed by atoms with Crippen molar-refractivity contribution in [2.24, 2.45) is 0 Å². The lowest BCUT2D eigenvalue weighted by Gasteiger charge is -2.14. The van der Waals surface area contributed by atoms with Gasteiger partial charge < -0.3 is 10.4 Å². The fraction of sp³-hybridized carbons (Fsp3) is 0.625. The van der Waals surface area contributed by atoms with Gasteiger partial charge in [-0.3, -0.25) is 0 Å². The zero-order valence-electron chi connectivity index (χ0n) is 11.8. The lowest BCUT2D eigenvalue weighted by molar-refractivity contribution is 0.282. The number of aryl methyl sites for hydroxylation is 1. The predicted octanol–water partition coefficient (Wildman–Crippen LogP) is 3.45. The minimum Gasteiger partial charge on any atom is -0.396 e. The number of rotatable bonds is 9. The maximum Gasteiger partial charge on any atom is 0.0431 e. The van der Waals surface area contributed by atoms with Gasteiger partial charge in [-0.05, 0) is 50.3 Å². The molecule has 1 atom stereocenters. The van der Waals surface area contributed by atoms with Gasteiger partial charge in [-0.2, -0.15) is 0 Å². The summed E-state index contributed by atoms with van der Waals surface area (Å²) in [6, 6.07) is 9.35. The van der Waals surface area contributed by atoms with Crippen LogP contribution in [0.15, 0.2) is 24.3 Å². The van der Waals surface area contributed by atoms with E-state index < -0.39 is 0 Å². The number of hydrogen-bond acceptors (Lipinski definition) is 2. The van der Waals surface area contributed by atoms with E-state index in [-0.39, 0.29) is 0 Å². The normalized spacial score (nSPS) is 12.6. The van der Waals surface area contributed by atoms with Gasteiger partial charge in [-0.15, -0.1) is 0 Å². The van der Waals surface area contributed by atoms with Crippen LogP contribution in [0.2, 0.25) is 0 Å². The van der Waals surface area contributed by atoms with Crippen molar-refractivity contribution in [3.05, 3.63) is 35.4 Å². The second-order valence-electron chi connectivity index (χ2n) is 4.95. The summed E-state index contributed by atoms with van der Waals surface area (Å²) in [5, 5.41) is 12.2. The Hall–Kier alpha value is -0.860. The maximum atomic E-state index is 8.70. The van der Waals surface area contributed by atoms with Crippen LogP contribution in [0.25, 0.3) is 0 Å². The van der Waals surface area contributed by atoms with Crippen molar-refractivity contribution >= 4 is 0 Å². The molecule has 0 heterocycles. The van der Waals surface area contributed by atoms with E-state index in [0.29, 0.717) is 12.6 Å². The zero-order chi connectivity index (χ0) is 13.2. The van der Waals surface area contributed by atoms with Crippen LogP contribution in [0.3, 0.4) is 0 Å². The van der Waals surface area contributed by atoms with E-state index >= 15 is 0 Å². The van der Waals surface area contributed by atoms with E-state index in [1.165, 1.54) is 24.0 Å². The Bertz CT molecular complexity index is 307. The highest BCUT2D eigenvalue weighted by Crippen LogP contribution is 2.14. The Kier molecular flexibility index (Phi) is 7.70. The first-order valence-corrected chi connectivity index (χ1v) is 7.21. The molecule has 102 valence electrons. The molecular weight excluding hydrogens is 222 g/mol. The standard InChI is InChI=1S/C16H27NO/c1-3-7-15-8-10-16(11-9-15)14(2)17-12-5-4-6-13-18/h8-11,14,17-18H,3-7,12-13H2,1-2H3. The summed E-state index contributed by atoms with van der Waals surface area (Å²) in [5.41, 5.74) is 2.79. The van der Waals surface area contributed by atoms with E-state index in [4.69, 9.17) is 5.11 Å². The Balaban J connectivity index is 2.30. The molecular formula is C16H27NO. The molecule has 0 aliphatic carbocycles. The minimum atomic E-state index is 0.314. The SMILES string of the molecule is CCCc1ccc(C(C)NCCCCCO)cc1. The Morgan fingerprint density at radius 3 is 2.44 bits per heavy atom. The third-order valence-electron chi connectivity index (χ3n) is 3.30. The first-order chi connectivity index (χ1) is 8.77. The highest BCUT2D eigenvalue weighted by atomic mass is 16.2.